The average molecular weight is 286 g/mol. The van der Waals surface area contributed by atoms with E-state index in [0.717, 1.165) is 19.0 Å². The summed E-state index contributed by atoms with van der Waals surface area (Å²) in [5.74, 6) is 0.810. The van der Waals surface area contributed by atoms with E-state index >= 15 is 0 Å². The van der Waals surface area contributed by atoms with E-state index in [4.69, 9.17) is 0 Å². The maximum atomic E-state index is 3.77. The van der Waals surface area contributed by atoms with Crippen LogP contribution >= 0.6 is 0 Å². The molecule has 2 heteroatoms. The standard InChI is InChI=1S/C19H30N2/c1-4-20-18-17(9-11-19(18,2)3)14-21-12-10-15-7-5-6-8-16(15)13-21/h5-8,17-18,20H,4,9-14H2,1-3H3. The number of fused-ring (bicyclic) bond motifs is 1. The molecule has 1 aromatic rings. The van der Waals surface area contributed by atoms with E-state index in [2.05, 4.69) is 55.3 Å². The fourth-order valence-corrected chi connectivity index (χ4v) is 4.42. The summed E-state index contributed by atoms with van der Waals surface area (Å²) in [6.45, 7) is 11.8. The maximum Gasteiger partial charge on any atom is 0.0236 e. The molecular weight excluding hydrogens is 256 g/mol. The molecule has 1 aliphatic heterocycles. The number of rotatable bonds is 4. The minimum Gasteiger partial charge on any atom is -0.313 e. The second-order valence-electron chi connectivity index (χ2n) is 7.58. The first kappa shape index (κ1) is 15.1. The summed E-state index contributed by atoms with van der Waals surface area (Å²) in [5.41, 5.74) is 3.55. The third kappa shape index (κ3) is 3.17. The van der Waals surface area contributed by atoms with Crippen molar-refractivity contribution < 1.29 is 0 Å². The third-order valence-corrected chi connectivity index (χ3v) is 5.60. The quantitative estimate of drug-likeness (QED) is 0.912. The van der Waals surface area contributed by atoms with Crippen molar-refractivity contribution in [1.29, 1.82) is 0 Å². The molecule has 21 heavy (non-hydrogen) atoms. The van der Waals surface area contributed by atoms with Crippen molar-refractivity contribution in [2.45, 2.75) is 52.6 Å². The number of hydrogen-bond donors (Lipinski definition) is 1. The molecular formula is C19H30N2. The predicted molar refractivity (Wildman–Crippen MR) is 89.4 cm³/mol. The lowest BCUT2D eigenvalue weighted by atomic mass is 9.84. The molecule has 1 aromatic carbocycles. The van der Waals surface area contributed by atoms with Gasteiger partial charge in [0.1, 0.15) is 0 Å². The first-order chi connectivity index (χ1) is 10.1. The van der Waals surface area contributed by atoms with Crippen LogP contribution < -0.4 is 5.32 Å². The van der Waals surface area contributed by atoms with Crippen LogP contribution in [0.3, 0.4) is 0 Å². The van der Waals surface area contributed by atoms with Crippen LogP contribution in [0.5, 0.6) is 0 Å². The van der Waals surface area contributed by atoms with E-state index in [1.54, 1.807) is 11.1 Å². The van der Waals surface area contributed by atoms with Gasteiger partial charge in [-0.2, -0.15) is 0 Å². The number of hydrogen-bond acceptors (Lipinski definition) is 2. The fourth-order valence-electron chi connectivity index (χ4n) is 4.42. The Bertz CT molecular complexity index is 480. The molecule has 1 saturated carbocycles. The molecule has 0 amide bonds. The summed E-state index contributed by atoms with van der Waals surface area (Å²) in [6, 6.07) is 9.64. The van der Waals surface area contributed by atoms with Crippen molar-refractivity contribution in [2.24, 2.45) is 11.3 Å². The smallest absolute Gasteiger partial charge is 0.0236 e. The second-order valence-corrected chi connectivity index (χ2v) is 7.58. The van der Waals surface area contributed by atoms with Crippen LogP contribution in [-0.2, 0) is 13.0 Å². The van der Waals surface area contributed by atoms with E-state index in [1.165, 1.54) is 32.4 Å². The number of benzene rings is 1. The summed E-state index contributed by atoms with van der Waals surface area (Å²) in [6.07, 6.45) is 3.96. The zero-order chi connectivity index (χ0) is 14.9. The third-order valence-electron chi connectivity index (χ3n) is 5.60. The van der Waals surface area contributed by atoms with Crippen LogP contribution in [0.15, 0.2) is 24.3 Å². The molecule has 2 nitrogen and oxygen atoms in total. The van der Waals surface area contributed by atoms with E-state index in [-0.39, 0.29) is 0 Å². The van der Waals surface area contributed by atoms with Gasteiger partial charge >= 0.3 is 0 Å². The van der Waals surface area contributed by atoms with E-state index in [1.807, 2.05) is 0 Å². The van der Waals surface area contributed by atoms with E-state index in [0.29, 0.717) is 11.5 Å². The van der Waals surface area contributed by atoms with Crippen LogP contribution in [0.4, 0.5) is 0 Å². The minimum atomic E-state index is 0.453. The highest BCUT2D eigenvalue weighted by Gasteiger charge is 2.41. The highest BCUT2D eigenvalue weighted by atomic mass is 15.1. The Morgan fingerprint density at radius 2 is 2.00 bits per heavy atom. The highest BCUT2D eigenvalue weighted by Crippen LogP contribution is 2.42. The highest BCUT2D eigenvalue weighted by molar-refractivity contribution is 5.29. The predicted octanol–water partition coefficient (Wildman–Crippen LogP) is 3.46. The molecule has 0 spiro atoms. The molecule has 0 bridgehead atoms. The summed E-state index contributed by atoms with van der Waals surface area (Å²) in [5, 5.41) is 3.77. The van der Waals surface area contributed by atoms with Gasteiger partial charge in [0.25, 0.3) is 0 Å². The van der Waals surface area contributed by atoms with E-state index in [9.17, 15) is 0 Å². The molecule has 3 rings (SSSR count). The summed E-state index contributed by atoms with van der Waals surface area (Å²) < 4.78 is 0. The molecule has 2 unspecified atom stereocenters. The Kier molecular flexibility index (Phi) is 4.37. The molecule has 116 valence electrons. The zero-order valence-corrected chi connectivity index (χ0v) is 13.9. The zero-order valence-electron chi connectivity index (χ0n) is 13.9. The summed E-state index contributed by atoms with van der Waals surface area (Å²) >= 11 is 0. The van der Waals surface area contributed by atoms with Gasteiger partial charge in [-0.1, -0.05) is 45.0 Å². The topological polar surface area (TPSA) is 15.3 Å². The van der Waals surface area contributed by atoms with Crippen molar-refractivity contribution >= 4 is 0 Å². The molecule has 0 radical (unpaired) electrons. The Hall–Kier alpha value is -0.860. The largest absolute Gasteiger partial charge is 0.313 e. The molecule has 1 fully saturated rings. The van der Waals surface area contributed by atoms with Gasteiger partial charge in [-0.25, -0.2) is 0 Å². The van der Waals surface area contributed by atoms with Gasteiger partial charge in [0, 0.05) is 25.7 Å². The van der Waals surface area contributed by atoms with Gasteiger partial charge < -0.3 is 5.32 Å². The van der Waals surface area contributed by atoms with Gasteiger partial charge in [0.15, 0.2) is 0 Å². The van der Waals surface area contributed by atoms with Crippen LogP contribution in [0.2, 0.25) is 0 Å². The van der Waals surface area contributed by atoms with Crippen LogP contribution in [-0.4, -0.2) is 30.6 Å². The van der Waals surface area contributed by atoms with Crippen molar-refractivity contribution in [3.05, 3.63) is 35.4 Å². The van der Waals surface area contributed by atoms with Crippen molar-refractivity contribution in [2.75, 3.05) is 19.6 Å². The summed E-state index contributed by atoms with van der Waals surface area (Å²) in [7, 11) is 0. The lowest BCUT2D eigenvalue weighted by Crippen LogP contribution is -2.46. The Labute approximate surface area is 129 Å². The molecule has 0 aromatic heterocycles. The van der Waals surface area contributed by atoms with Gasteiger partial charge in [0.05, 0.1) is 0 Å². The SMILES string of the molecule is CCNC1C(CN2CCc3ccccc3C2)CCC1(C)C. The van der Waals surface area contributed by atoms with Gasteiger partial charge in [0.2, 0.25) is 0 Å². The minimum absolute atomic E-state index is 0.453. The number of nitrogens with one attached hydrogen (secondary N) is 1. The summed E-state index contributed by atoms with van der Waals surface area (Å²) in [4.78, 5) is 2.68. The lowest BCUT2D eigenvalue weighted by Gasteiger charge is -2.36. The Morgan fingerprint density at radius 3 is 2.76 bits per heavy atom. The van der Waals surface area contributed by atoms with E-state index < -0.39 is 0 Å². The first-order valence-corrected chi connectivity index (χ1v) is 8.62. The van der Waals surface area contributed by atoms with Gasteiger partial charge in [-0.15, -0.1) is 0 Å². The van der Waals surface area contributed by atoms with Gasteiger partial charge in [-0.3, -0.25) is 4.90 Å². The van der Waals surface area contributed by atoms with Crippen molar-refractivity contribution in [1.82, 2.24) is 10.2 Å². The van der Waals surface area contributed by atoms with Crippen molar-refractivity contribution in [3.63, 3.8) is 0 Å². The fraction of sp³-hybridized carbons (Fsp3) is 0.684. The van der Waals surface area contributed by atoms with Crippen LogP contribution in [0.25, 0.3) is 0 Å². The average Bonchev–Trinajstić information content (AvgIpc) is 2.75. The molecule has 2 atom stereocenters. The molecule has 1 heterocycles. The second kappa shape index (κ2) is 6.10. The Morgan fingerprint density at radius 1 is 1.24 bits per heavy atom. The molecule has 1 N–H and O–H groups in total. The molecule has 1 aliphatic carbocycles. The maximum absolute atomic E-state index is 3.77. The van der Waals surface area contributed by atoms with Crippen molar-refractivity contribution in [3.8, 4) is 0 Å². The normalized spacial score (nSPS) is 28.5. The number of nitrogens with zero attached hydrogens (tertiary/aromatic N) is 1. The lowest BCUT2D eigenvalue weighted by molar-refractivity contribution is 0.174. The monoisotopic (exact) mass is 286 g/mol. The molecule has 0 saturated heterocycles. The first-order valence-electron chi connectivity index (χ1n) is 8.62. The Balaban J connectivity index is 1.65. The molecule has 2 aliphatic rings. The van der Waals surface area contributed by atoms with Crippen LogP contribution in [0.1, 0.15) is 44.7 Å². The van der Waals surface area contributed by atoms with Crippen LogP contribution in [0, 0.1) is 11.3 Å². The van der Waals surface area contributed by atoms with Gasteiger partial charge in [-0.05, 0) is 48.3 Å².